The minimum atomic E-state index is 0.865. The number of aryl methyl sites for hydroxylation is 1. The van der Waals surface area contributed by atoms with Gasteiger partial charge in [0.15, 0.2) is 0 Å². The molecule has 0 aliphatic rings. The monoisotopic (exact) mass is 183 g/mol. The minimum Gasteiger partial charge on any atom is -0.388 e. The van der Waals surface area contributed by atoms with Gasteiger partial charge in [-0.15, -0.1) is 0 Å². The summed E-state index contributed by atoms with van der Waals surface area (Å²) in [4.78, 5) is 0. The van der Waals surface area contributed by atoms with Gasteiger partial charge in [0.25, 0.3) is 0 Å². The molecule has 2 heteroatoms. The van der Waals surface area contributed by atoms with Crippen LogP contribution < -0.4 is 5.32 Å². The third kappa shape index (κ3) is 2.15. The van der Waals surface area contributed by atoms with Crippen LogP contribution in [0.5, 0.6) is 0 Å². The van der Waals surface area contributed by atoms with Gasteiger partial charge in [0.05, 0.1) is 0 Å². The molecule has 0 atom stereocenters. The summed E-state index contributed by atoms with van der Waals surface area (Å²) in [6, 6.07) is 6.10. The van der Waals surface area contributed by atoms with Crippen LogP contribution in [-0.2, 0) is 6.42 Å². The van der Waals surface area contributed by atoms with E-state index in [9.17, 15) is 0 Å². The maximum atomic E-state index is 6.05. The van der Waals surface area contributed by atoms with Gasteiger partial charge in [-0.05, 0) is 24.1 Å². The molecule has 0 radical (unpaired) electrons. The van der Waals surface area contributed by atoms with Gasteiger partial charge in [-0.1, -0.05) is 31.0 Å². The van der Waals surface area contributed by atoms with Crippen LogP contribution in [0.3, 0.4) is 0 Å². The zero-order chi connectivity index (χ0) is 8.97. The van der Waals surface area contributed by atoms with Crippen LogP contribution in [0.15, 0.2) is 18.2 Å². The lowest BCUT2D eigenvalue weighted by molar-refractivity contribution is 0.922. The zero-order valence-corrected chi connectivity index (χ0v) is 8.28. The third-order valence-electron chi connectivity index (χ3n) is 1.86. The van der Waals surface area contributed by atoms with Crippen molar-refractivity contribution in [1.82, 2.24) is 0 Å². The highest BCUT2D eigenvalue weighted by Gasteiger charge is 1.99. The van der Waals surface area contributed by atoms with E-state index in [1.165, 1.54) is 5.56 Å². The van der Waals surface area contributed by atoms with Crippen molar-refractivity contribution in [2.75, 3.05) is 12.4 Å². The Labute approximate surface area is 78.7 Å². The fourth-order valence-electron chi connectivity index (χ4n) is 1.17. The number of anilines is 1. The van der Waals surface area contributed by atoms with Crippen molar-refractivity contribution in [3.63, 3.8) is 0 Å². The summed E-state index contributed by atoms with van der Waals surface area (Å²) in [6.07, 6.45) is 2.20. The summed E-state index contributed by atoms with van der Waals surface area (Å²) in [6.45, 7) is 2.16. The average molecular weight is 184 g/mol. The molecule has 0 amide bonds. The second-order valence-corrected chi connectivity index (χ2v) is 3.21. The first-order chi connectivity index (χ1) is 5.77. The molecule has 0 saturated carbocycles. The van der Waals surface area contributed by atoms with E-state index in [1.807, 2.05) is 13.1 Å². The Morgan fingerprint density at radius 2 is 2.17 bits per heavy atom. The van der Waals surface area contributed by atoms with Crippen molar-refractivity contribution < 1.29 is 0 Å². The topological polar surface area (TPSA) is 12.0 Å². The van der Waals surface area contributed by atoms with Gasteiger partial charge in [-0.2, -0.15) is 0 Å². The van der Waals surface area contributed by atoms with E-state index in [0.29, 0.717) is 0 Å². The third-order valence-corrected chi connectivity index (χ3v) is 2.21. The van der Waals surface area contributed by atoms with Crippen LogP contribution in [0.4, 0.5) is 5.69 Å². The fraction of sp³-hybridized carbons (Fsp3) is 0.400. The smallest absolute Gasteiger partial charge is 0.0458 e. The average Bonchev–Trinajstić information content (AvgIpc) is 2.09. The van der Waals surface area contributed by atoms with E-state index < -0.39 is 0 Å². The summed E-state index contributed by atoms with van der Waals surface area (Å²) in [5.41, 5.74) is 2.30. The van der Waals surface area contributed by atoms with Gasteiger partial charge < -0.3 is 5.32 Å². The molecule has 1 rings (SSSR count). The molecule has 0 spiro atoms. The lowest BCUT2D eigenvalue weighted by Crippen LogP contribution is -1.90. The predicted molar refractivity (Wildman–Crippen MR) is 55.0 cm³/mol. The highest BCUT2D eigenvalue weighted by molar-refractivity contribution is 6.31. The Morgan fingerprint density at radius 1 is 1.42 bits per heavy atom. The highest BCUT2D eigenvalue weighted by atomic mass is 35.5. The molecule has 12 heavy (non-hydrogen) atoms. The van der Waals surface area contributed by atoms with Crippen LogP contribution in [0, 0.1) is 0 Å². The Bertz CT molecular complexity index is 258. The van der Waals surface area contributed by atoms with Gasteiger partial charge in [0, 0.05) is 17.8 Å². The van der Waals surface area contributed by atoms with Gasteiger partial charge in [0.1, 0.15) is 0 Å². The van der Waals surface area contributed by atoms with E-state index in [1.54, 1.807) is 0 Å². The van der Waals surface area contributed by atoms with E-state index in [2.05, 4.69) is 24.4 Å². The largest absolute Gasteiger partial charge is 0.388 e. The molecular weight excluding hydrogens is 170 g/mol. The van der Waals surface area contributed by atoms with Crippen LogP contribution in [0.25, 0.3) is 0 Å². The van der Waals surface area contributed by atoms with Crippen LogP contribution >= 0.6 is 11.6 Å². The van der Waals surface area contributed by atoms with Crippen LogP contribution in [0.1, 0.15) is 18.9 Å². The fourth-order valence-corrected chi connectivity index (χ4v) is 1.45. The van der Waals surface area contributed by atoms with Gasteiger partial charge in [-0.3, -0.25) is 0 Å². The van der Waals surface area contributed by atoms with Crippen molar-refractivity contribution in [2.24, 2.45) is 0 Å². The van der Waals surface area contributed by atoms with Crippen molar-refractivity contribution in [3.05, 3.63) is 28.8 Å². The summed E-state index contributed by atoms with van der Waals surface area (Å²) in [7, 11) is 1.89. The number of nitrogens with one attached hydrogen (secondary N) is 1. The second-order valence-electron chi connectivity index (χ2n) is 2.81. The molecule has 0 fully saturated rings. The minimum absolute atomic E-state index is 0.865. The zero-order valence-electron chi connectivity index (χ0n) is 7.52. The number of benzene rings is 1. The Kier molecular flexibility index (Phi) is 3.42. The highest BCUT2D eigenvalue weighted by Crippen LogP contribution is 2.21. The standard InChI is InChI=1S/C10H14ClN/c1-3-4-8-5-6-9(12-2)7-10(8)11/h5-7,12H,3-4H2,1-2H3. The first kappa shape index (κ1) is 9.40. The Hall–Kier alpha value is -0.690. The van der Waals surface area contributed by atoms with Crippen LogP contribution in [-0.4, -0.2) is 7.05 Å². The molecule has 1 nitrogen and oxygen atoms in total. The number of hydrogen-bond acceptors (Lipinski definition) is 1. The number of halogens is 1. The van der Waals surface area contributed by atoms with Crippen LogP contribution in [0.2, 0.25) is 5.02 Å². The molecule has 0 unspecified atom stereocenters. The van der Waals surface area contributed by atoms with Crippen molar-refractivity contribution in [1.29, 1.82) is 0 Å². The first-order valence-corrected chi connectivity index (χ1v) is 4.62. The van der Waals surface area contributed by atoms with Gasteiger partial charge in [-0.25, -0.2) is 0 Å². The normalized spacial score (nSPS) is 9.92. The predicted octanol–water partition coefficient (Wildman–Crippen LogP) is 3.33. The summed E-state index contributed by atoms with van der Waals surface area (Å²) in [5.74, 6) is 0. The molecule has 0 aromatic heterocycles. The lowest BCUT2D eigenvalue weighted by Gasteiger charge is -2.05. The van der Waals surface area contributed by atoms with Gasteiger partial charge in [0.2, 0.25) is 0 Å². The molecule has 0 bridgehead atoms. The molecule has 0 saturated heterocycles. The number of hydrogen-bond donors (Lipinski definition) is 1. The maximum absolute atomic E-state index is 6.05. The summed E-state index contributed by atoms with van der Waals surface area (Å²) < 4.78 is 0. The van der Waals surface area contributed by atoms with Crippen molar-refractivity contribution in [3.8, 4) is 0 Å². The Morgan fingerprint density at radius 3 is 2.67 bits per heavy atom. The number of rotatable bonds is 3. The molecular formula is C10H14ClN. The lowest BCUT2D eigenvalue weighted by atomic mass is 10.1. The molecule has 1 N–H and O–H groups in total. The van der Waals surface area contributed by atoms with E-state index in [4.69, 9.17) is 11.6 Å². The second kappa shape index (κ2) is 4.36. The molecule has 0 aliphatic heterocycles. The first-order valence-electron chi connectivity index (χ1n) is 4.24. The molecule has 1 aromatic carbocycles. The maximum Gasteiger partial charge on any atom is 0.0458 e. The van der Waals surface area contributed by atoms with Gasteiger partial charge >= 0.3 is 0 Å². The SMILES string of the molecule is CCCc1ccc(NC)cc1Cl. The Balaban J connectivity index is 2.87. The molecule has 1 aromatic rings. The molecule has 66 valence electrons. The molecule has 0 heterocycles. The van der Waals surface area contributed by atoms with E-state index in [0.717, 1.165) is 23.6 Å². The quantitative estimate of drug-likeness (QED) is 0.758. The van der Waals surface area contributed by atoms with E-state index >= 15 is 0 Å². The summed E-state index contributed by atoms with van der Waals surface area (Å²) >= 11 is 6.05. The molecule has 0 aliphatic carbocycles. The van der Waals surface area contributed by atoms with E-state index in [-0.39, 0.29) is 0 Å². The van der Waals surface area contributed by atoms with Crippen molar-refractivity contribution in [2.45, 2.75) is 19.8 Å². The van der Waals surface area contributed by atoms with Crippen molar-refractivity contribution >= 4 is 17.3 Å². The summed E-state index contributed by atoms with van der Waals surface area (Å²) in [5, 5.41) is 3.92.